The summed E-state index contributed by atoms with van der Waals surface area (Å²) >= 11 is 0. The van der Waals surface area contributed by atoms with Gasteiger partial charge in [-0.1, -0.05) is 39.0 Å². The average Bonchev–Trinajstić information content (AvgIpc) is 2.21. The Morgan fingerprint density at radius 1 is 1.35 bits per heavy atom. The molecule has 1 aromatic heterocycles. The summed E-state index contributed by atoms with van der Waals surface area (Å²) in [6.07, 6.45) is 8.45. The van der Waals surface area contributed by atoms with Crippen molar-refractivity contribution >= 4 is 12.2 Å². The molecule has 2 rings (SSSR count). The number of allylic oxidation sites excluding steroid dienone is 2. The van der Waals surface area contributed by atoms with Crippen LogP contribution in [0.2, 0.25) is 0 Å². The number of fused-ring (bicyclic) bond motifs is 1. The van der Waals surface area contributed by atoms with E-state index in [1.807, 2.05) is 12.1 Å². The van der Waals surface area contributed by atoms with Gasteiger partial charge in [-0.2, -0.15) is 0 Å². The lowest BCUT2D eigenvalue weighted by molar-refractivity contribution is 0.464. The molecular formula is C15H18O2. The Labute approximate surface area is 101 Å². The molecule has 1 aliphatic rings. The molecule has 1 heterocycles. The molecule has 0 aliphatic heterocycles. The van der Waals surface area contributed by atoms with Crippen molar-refractivity contribution in [3.05, 3.63) is 44.8 Å². The Morgan fingerprint density at radius 2 is 2.06 bits per heavy atom. The van der Waals surface area contributed by atoms with Gasteiger partial charge in [0.25, 0.3) is 0 Å². The Balaban J connectivity index is 2.86. The van der Waals surface area contributed by atoms with Crippen molar-refractivity contribution < 1.29 is 4.42 Å². The molecule has 1 unspecified atom stereocenters. The van der Waals surface area contributed by atoms with Crippen LogP contribution in [-0.4, -0.2) is 0 Å². The van der Waals surface area contributed by atoms with Crippen LogP contribution in [0.3, 0.4) is 0 Å². The van der Waals surface area contributed by atoms with Gasteiger partial charge in [-0.3, -0.25) is 0 Å². The summed E-state index contributed by atoms with van der Waals surface area (Å²) in [6, 6.07) is 1.91. The predicted molar refractivity (Wildman–Crippen MR) is 70.0 cm³/mol. The van der Waals surface area contributed by atoms with Gasteiger partial charge in [-0.05, 0) is 25.0 Å². The molecule has 0 saturated heterocycles. The first-order chi connectivity index (χ1) is 7.87. The van der Waals surface area contributed by atoms with E-state index < -0.39 is 0 Å². The molecule has 90 valence electrons. The van der Waals surface area contributed by atoms with Crippen LogP contribution in [0.4, 0.5) is 0 Å². The first kappa shape index (κ1) is 11.9. The highest BCUT2D eigenvalue weighted by atomic mass is 16.4. The third kappa shape index (κ3) is 2.57. The summed E-state index contributed by atoms with van der Waals surface area (Å²) in [6.45, 7) is 8.16. The van der Waals surface area contributed by atoms with Crippen LogP contribution in [0.5, 0.6) is 0 Å². The summed E-state index contributed by atoms with van der Waals surface area (Å²) in [5.41, 5.74) is 1.07. The van der Waals surface area contributed by atoms with E-state index in [0.717, 1.165) is 5.22 Å². The number of rotatable bonds is 0. The van der Waals surface area contributed by atoms with Crippen molar-refractivity contribution in [2.24, 2.45) is 11.3 Å². The topological polar surface area (TPSA) is 30.2 Å². The lowest BCUT2D eigenvalue weighted by atomic mass is 9.89. The van der Waals surface area contributed by atoms with Gasteiger partial charge in [0.1, 0.15) is 5.42 Å². The first-order valence-electron chi connectivity index (χ1n) is 5.92. The molecule has 0 amide bonds. The fourth-order valence-corrected chi connectivity index (χ4v) is 1.99. The van der Waals surface area contributed by atoms with Gasteiger partial charge in [0.05, 0.1) is 0 Å². The van der Waals surface area contributed by atoms with Gasteiger partial charge in [0, 0.05) is 16.2 Å². The molecule has 2 nitrogen and oxygen atoms in total. The van der Waals surface area contributed by atoms with E-state index in [1.165, 1.54) is 0 Å². The Hall–Kier alpha value is -1.57. The maximum atomic E-state index is 11.5. The molecule has 0 aromatic carbocycles. The summed E-state index contributed by atoms with van der Waals surface area (Å²) in [5, 5.41) is 1.00. The molecule has 2 heteroatoms. The molecule has 0 saturated carbocycles. The molecule has 0 radical (unpaired) electrons. The van der Waals surface area contributed by atoms with Gasteiger partial charge in [-0.25, -0.2) is 4.79 Å². The second-order valence-electron chi connectivity index (χ2n) is 5.39. The molecule has 1 atom stereocenters. The van der Waals surface area contributed by atoms with Crippen LogP contribution in [0, 0.1) is 18.3 Å². The number of hydrogen-bond acceptors (Lipinski definition) is 2. The predicted octanol–water partition coefficient (Wildman–Crippen LogP) is 1.74. The first-order valence-corrected chi connectivity index (χ1v) is 5.92. The highest BCUT2D eigenvalue weighted by Gasteiger charge is 2.12. The Bertz CT molecular complexity index is 630. The van der Waals surface area contributed by atoms with E-state index in [0.29, 0.717) is 11.0 Å². The van der Waals surface area contributed by atoms with Crippen molar-refractivity contribution in [1.29, 1.82) is 0 Å². The number of aryl methyl sites for hydroxylation is 1. The molecule has 0 spiro atoms. The Kier molecular flexibility index (Phi) is 2.82. The van der Waals surface area contributed by atoms with E-state index in [4.69, 9.17) is 4.42 Å². The van der Waals surface area contributed by atoms with Crippen LogP contribution in [0.15, 0.2) is 27.4 Å². The minimum atomic E-state index is -0.247. The van der Waals surface area contributed by atoms with Crippen LogP contribution < -0.4 is 16.3 Å². The zero-order valence-electron chi connectivity index (χ0n) is 10.8. The van der Waals surface area contributed by atoms with Gasteiger partial charge in [0.2, 0.25) is 0 Å². The van der Waals surface area contributed by atoms with Crippen molar-refractivity contribution in [2.75, 3.05) is 0 Å². The molecule has 0 bridgehead atoms. The maximum Gasteiger partial charge on any atom is 0.339 e. The third-order valence-corrected chi connectivity index (χ3v) is 2.95. The van der Waals surface area contributed by atoms with Gasteiger partial charge >= 0.3 is 5.63 Å². The van der Waals surface area contributed by atoms with E-state index in [1.54, 1.807) is 6.92 Å². The highest BCUT2D eigenvalue weighted by molar-refractivity contribution is 5.41. The van der Waals surface area contributed by atoms with Crippen LogP contribution in [-0.2, 0) is 0 Å². The minimum Gasteiger partial charge on any atom is -0.423 e. The smallest absolute Gasteiger partial charge is 0.339 e. The zero-order chi connectivity index (χ0) is 12.6. The second kappa shape index (κ2) is 4.02. The third-order valence-electron chi connectivity index (χ3n) is 2.95. The normalized spacial score (nSPS) is 27.6. The summed E-state index contributed by atoms with van der Waals surface area (Å²) in [7, 11) is 0. The SMILES string of the molecule is Cc1cc2/c(oc1=O)=C\C(C)/C=C\C(C)(C)\C=2. The van der Waals surface area contributed by atoms with Gasteiger partial charge < -0.3 is 4.42 Å². The summed E-state index contributed by atoms with van der Waals surface area (Å²) in [4.78, 5) is 11.5. The monoisotopic (exact) mass is 230 g/mol. The standard InChI is InChI=1S/C15H18O2/c1-10-5-6-15(3,4)9-12-8-11(2)14(16)17-13(12)7-10/h5-10H,1-4H3/b6-5-,12-9-,13-7+. The van der Waals surface area contributed by atoms with E-state index >= 15 is 0 Å². The summed E-state index contributed by atoms with van der Waals surface area (Å²) in [5.74, 6) is 0.271. The van der Waals surface area contributed by atoms with Gasteiger partial charge in [0.15, 0.2) is 0 Å². The molecule has 1 aliphatic carbocycles. The fourth-order valence-electron chi connectivity index (χ4n) is 1.99. The minimum absolute atomic E-state index is 0.0242. The average molecular weight is 230 g/mol. The quantitative estimate of drug-likeness (QED) is 0.635. The van der Waals surface area contributed by atoms with Gasteiger partial charge in [-0.15, -0.1) is 0 Å². The van der Waals surface area contributed by atoms with Crippen molar-refractivity contribution in [1.82, 2.24) is 0 Å². The summed E-state index contributed by atoms with van der Waals surface area (Å²) < 4.78 is 5.35. The van der Waals surface area contributed by atoms with Crippen LogP contribution in [0.1, 0.15) is 26.3 Å². The van der Waals surface area contributed by atoms with Crippen LogP contribution >= 0.6 is 0 Å². The highest BCUT2D eigenvalue weighted by Crippen LogP contribution is 2.20. The van der Waals surface area contributed by atoms with Crippen molar-refractivity contribution in [3.63, 3.8) is 0 Å². The second-order valence-corrected chi connectivity index (χ2v) is 5.39. The molecule has 1 aromatic rings. The van der Waals surface area contributed by atoms with E-state index in [9.17, 15) is 4.79 Å². The van der Waals surface area contributed by atoms with E-state index in [-0.39, 0.29) is 17.0 Å². The number of hydrogen-bond donors (Lipinski definition) is 0. The van der Waals surface area contributed by atoms with Crippen molar-refractivity contribution in [2.45, 2.75) is 27.7 Å². The molecule has 0 N–H and O–H groups in total. The Morgan fingerprint density at radius 3 is 2.76 bits per heavy atom. The van der Waals surface area contributed by atoms with Crippen molar-refractivity contribution in [3.8, 4) is 0 Å². The van der Waals surface area contributed by atoms with E-state index in [2.05, 4.69) is 39.0 Å². The molecule has 17 heavy (non-hydrogen) atoms. The lowest BCUT2D eigenvalue weighted by Crippen LogP contribution is -2.33. The molecular weight excluding hydrogens is 212 g/mol. The largest absolute Gasteiger partial charge is 0.423 e. The maximum absolute atomic E-state index is 11.5. The van der Waals surface area contributed by atoms with Crippen LogP contribution in [0.25, 0.3) is 12.2 Å². The zero-order valence-corrected chi connectivity index (χ0v) is 10.8. The lowest BCUT2D eigenvalue weighted by Gasteiger charge is -2.17. The molecule has 0 fully saturated rings. The fraction of sp³-hybridized carbons (Fsp3) is 0.400.